The summed E-state index contributed by atoms with van der Waals surface area (Å²) in [5, 5.41) is 9.06. The Morgan fingerprint density at radius 2 is 2.43 bits per heavy atom. The molecule has 0 saturated heterocycles. The van der Waals surface area contributed by atoms with Crippen LogP contribution in [0, 0.1) is 11.3 Å². The molecule has 0 amide bonds. The van der Waals surface area contributed by atoms with Crippen LogP contribution in [0.3, 0.4) is 0 Å². The molecular formula is C11H17NO2. The van der Waals surface area contributed by atoms with Gasteiger partial charge in [-0.2, -0.15) is 0 Å². The van der Waals surface area contributed by atoms with Crippen molar-refractivity contribution in [1.82, 2.24) is 0 Å². The Labute approximate surface area is 84.3 Å². The van der Waals surface area contributed by atoms with Gasteiger partial charge >= 0.3 is 5.97 Å². The maximum absolute atomic E-state index is 11.0. The van der Waals surface area contributed by atoms with Crippen LogP contribution >= 0.6 is 0 Å². The average molecular weight is 195 g/mol. The maximum atomic E-state index is 11.0. The van der Waals surface area contributed by atoms with E-state index in [4.69, 9.17) is 10.8 Å². The third kappa shape index (κ3) is 2.04. The second kappa shape index (κ2) is 3.96. The number of carbonyl (C=O) groups is 1. The molecule has 0 radical (unpaired) electrons. The molecule has 3 heteroatoms. The summed E-state index contributed by atoms with van der Waals surface area (Å²) in [6, 6.07) is 0. The zero-order chi connectivity index (χ0) is 10.8. The van der Waals surface area contributed by atoms with Gasteiger partial charge in [0, 0.05) is 0 Å². The third-order valence-corrected chi connectivity index (χ3v) is 2.75. The van der Waals surface area contributed by atoms with E-state index >= 15 is 0 Å². The highest BCUT2D eigenvalue weighted by molar-refractivity contribution is 5.77. The highest BCUT2D eigenvalue weighted by atomic mass is 16.4. The molecule has 3 N–H and O–H groups in total. The summed E-state index contributed by atoms with van der Waals surface area (Å²) in [5.41, 5.74) is 5.82. The SMILES string of the molecule is CC(CN)C1=CC(C)(C(=O)O)CC=C1. The van der Waals surface area contributed by atoms with Crippen molar-refractivity contribution in [1.29, 1.82) is 0 Å². The number of nitrogens with two attached hydrogens (primary N) is 1. The molecular weight excluding hydrogens is 178 g/mol. The van der Waals surface area contributed by atoms with Gasteiger partial charge in [0.25, 0.3) is 0 Å². The van der Waals surface area contributed by atoms with E-state index in [1.54, 1.807) is 6.92 Å². The van der Waals surface area contributed by atoms with E-state index in [0.717, 1.165) is 5.57 Å². The average Bonchev–Trinajstić information content (AvgIpc) is 2.16. The minimum absolute atomic E-state index is 0.227. The van der Waals surface area contributed by atoms with E-state index in [1.807, 2.05) is 25.2 Å². The zero-order valence-electron chi connectivity index (χ0n) is 8.66. The van der Waals surface area contributed by atoms with Gasteiger partial charge in [-0.15, -0.1) is 0 Å². The fraction of sp³-hybridized carbons (Fsp3) is 0.545. The van der Waals surface area contributed by atoms with Crippen molar-refractivity contribution >= 4 is 5.97 Å². The molecule has 0 bridgehead atoms. The van der Waals surface area contributed by atoms with Gasteiger partial charge < -0.3 is 10.8 Å². The van der Waals surface area contributed by atoms with E-state index in [9.17, 15) is 4.79 Å². The summed E-state index contributed by atoms with van der Waals surface area (Å²) >= 11 is 0. The maximum Gasteiger partial charge on any atom is 0.313 e. The molecule has 14 heavy (non-hydrogen) atoms. The predicted octanol–water partition coefficient (Wildman–Crippen LogP) is 1.56. The second-order valence-corrected chi connectivity index (χ2v) is 4.11. The Bertz CT molecular complexity index is 294. The first kappa shape index (κ1) is 11.0. The van der Waals surface area contributed by atoms with Gasteiger partial charge in [0.15, 0.2) is 0 Å². The van der Waals surface area contributed by atoms with Crippen molar-refractivity contribution in [2.24, 2.45) is 17.1 Å². The standard InChI is InChI=1S/C11H17NO2/c1-8(7-12)9-4-3-5-11(2,6-9)10(13)14/h3-4,6,8H,5,7,12H2,1-2H3,(H,13,14). The molecule has 78 valence electrons. The van der Waals surface area contributed by atoms with Crippen LogP contribution in [0.15, 0.2) is 23.8 Å². The summed E-state index contributed by atoms with van der Waals surface area (Å²) < 4.78 is 0. The molecule has 0 fully saturated rings. The molecule has 2 unspecified atom stereocenters. The first-order valence-electron chi connectivity index (χ1n) is 4.82. The largest absolute Gasteiger partial charge is 0.481 e. The van der Waals surface area contributed by atoms with Crippen molar-refractivity contribution < 1.29 is 9.90 Å². The van der Waals surface area contributed by atoms with Gasteiger partial charge in [-0.05, 0) is 31.4 Å². The minimum atomic E-state index is -0.774. The first-order chi connectivity index (χ1) is 6.49. The zero-order valence-corrected chi connectivity index (χ0v) is 8.66. The van der Waals surface area contributed by atoms with Crippen molar-refractivity contribution in [3.63, 3.8) is 0 Å². The number of aliphatic carboxylic acids is 1. The molecule has 0 saturated carbocycles. The molecule has 1 rings (SSSR count). The summed E-state index contributed by atoms with van der Waals surface area (Å²) in [7, 11) is 0. The lowest BCUT2D eigenvalue weighted by Gasteiger charge is -2.25. The van der Waals surface area contributed by atoms with E-state index in [0.29, 0.717) is 13.0 Å². The summed E-state index contributed by atoms with van der Waals surface area (Å²) in [5.74, 6) is -0.547. The third-order valence-electron chi connectivity index (χ3n) is 2.75. The van der Waals surface area contributed by atoms with Gasteiger partial charge in [0.05, 0.1) is 5.41 Å². The smallest absolute Gasteiger partial charge is 0.313 e. The number of carboxylic acid groups (broad SMARTS) is 1. The molecule has 0 spiro atoms. The van der Waals surface area contributed by atoms with Crippen LogP contribution in [0.5, 0.6) is 0 Å². The van der Waals surface area contributed by atoms with Crippen LogP contribution in [0.25, 0.3) is 0 Å². The summed E-state index contributed by atoms with van der Waals surface area (Å²) in [4.78, 5) is 11.0. The first-order valence-corrected chi connectivity index (χ1v) is 4.82. The van der Waals surface area contributed by atoms with Gasteiger partial charge in [0.2, 0.25) is 0 Å². The van der Waals surface area contributed by atoms with E-state index in [2.05, 4.69) is 0 Å². The van der Waals surface area contributed by atoms with Crippen molar-refractivity contribution in [2.45, 2.75) is 20.3 Å². The quantitative estimate of drug-likeness (QED) is 0.718. The van der Waals surface area contributed by atoms with Crippen molar-refractivity contribution in [3.8, 4) is 0 Å². The Hall–Kier alpha value is -1.09. The normalized spacial score (nSPS) is 28.4. The predicted molar refractivity (Wildman–Crippen MR) is 55.8 cm³/mol. The van der Waals surface area contributed by atoms with Crippen LogP contribution in [0.1, 0.15) is 20.3 Å². The number of hydrogen-bond acceptors (Lipinski definition) is 2. The lowest BCUT2D eigenvalue weighted by atomic mass is 9.79. The Morgan fingerprint density at radius 1 is 1.79 bits per heavy atom. The van der Waals surface area contributed by atoms with Crippen LogP contribution < -0.4 is 5.73 Å². The fourth-order valence-electron chi connectivity index (χ4n) is 1.51. The molecule has 1 aliphatic carbocycles. The molecule has 0 aliphatic heterocycles. The lowest BCUT2D eigenvalue weighted by Crippen LogP contribution is -2.28. The molecule has 0 heterocycles. The molecule has 1 aliphatic rings. The molecule has 0 aromatic carbocycles. The highest BCUT2D eigenvalue weighted by Gasteiger charge is 2.32. The summed E-state index contributed by atoms with van der Waals surface area (Å²) in [6.07, 6.45) is 6.27. The highest BCUT2D eigenvalue weighted by Crippen LogP contribution is 2.32. The Morgan fingerprint density at radius 3 is 2.93 bits per heavy atom. The van der Waals surface area contributed by atoms with Gasteiger partial charge in [-0.1, -0.05) is 25.2 Å². The van der Waals surface area contributed by atoms with Gasteiger partial charge in [-0.25, -0.2) is 0 Å². The number of carboxylic acids is 1. The van der Waals surface area contributed by atoms with Crippen LogP contribution in [0.2, 0.25) is 0 Å². The molecule has 0 aromatic rings. The van der Waals surface area contributed by atoms with E-state index in [1.165, 1.54) is 0 Å². The molecule has 2 atom stereocenters. The fourth-order valence-corrected chi connectivity index (χ4v) is 1.51. The number of rotatable bonds is 3. The minimum Gasteiger partial charge on any atom is -0.481 e. The lowest BCUT2D eigenvalue weighted by molar-refractivity contribution is -0.145. The van der Waals surface area contributed by atoms with Crippen molar-refractivity contribution in [3.05, 3.63) is 23.8 Å². The van der Waals surface area contributed by atoms with Crippen LogP contribution in [0.4, 0.5) is 0 Å². The van der Waals surface area contributed by atoms with E-state index in [-0.39, 0.29) is 5.92 Å². The second-order valence-electron chi connectivity index (χ2n) is 4.11. The summed E-state index contributed by atoms with van der Waals surface area (Å²) in [6.45, 7) is 4.29. The van der Waals surface area contributed by atoms with Crippen LogP contribution in [-0.2, 0) is 4.79 Å². The topological polar surface area (TPSA) is 63.3 Å². The van der Waals surface area contributed by atoms with Gasteiger partial charge in [0.1, 0.15) is 0 Å². The molecule has 3 nitrogen and oxygen atoms in total. The van der Waals surface area contributed by atoms with Gasteiger partial charge in [-0.3, -0.25) is 4.79 Å². The molecule has 0 aromatic heterocycles. The number of hydrogen-bond donors (Lipinski definition) is 2. The number of allylic oxidation sites excluding steroid dienone is 2. The van der Waals surface area contributed by atoms with Crippen molar-refractivity contribution in [2.75, 3.05) is 6.54 Å². The van der Waals surface area contributed by atoms with Crippen LogP contribution in [-0.4, -0.2) is 17.6 Å². The Kier molecular flexibility index (Phi) is 3.11. The Balaban J connectivity index is 2.93. The van der Waals surface area contributed by atoms with E-state index < -0.39 is 11.4 Å². The monoisotopic (exact) mass is 195 g/mol.